The summed E-state index contributed by atoms with van der Waals surface area (Å²) in [6, 6.07) is 21.5. The van der Waals surface area contributed by atoms with Gasteiger partial charge >= 0.3 is 0 Å². The number of aromatic nitrogens is 1. The lowest BCUT2D eigenvalue weighted by molar-refractivity contribution is 0.0690. The van der Waals surface area contributed by atoms with Crippen molar-refractivity contribution >= 4 is 17.5 Å². The average Bonchev–Trinajstić information content (AvgIpc) is 2.77. The zero-order valence-electron chi connectivity index (χ0n) is 16.9. The zero-order valence-corrected chi connectivity index (χ0v) is 16.9. The van der Waals surface area contributed by atoms with Gasteiger partial charge in [0, 0.05) is 30.0 Å². The average molecular weight is 398 g/mol. The molecule has 0 saturated heterocycles. The molecule has 1 heterocycles. The van der Waals surface area contributed by atoms with Crippen LogP contribution in [-0.2, 0) is 6.54 Å². The van der Waals surface area contributed by atoms with Gasteiger partial charge in [-0.2, -0.15) is 5.26 Å². The number of amides is 2. The summed E-state index contributed by atoms with van der Waals surface area (Å²) >= 11 is 0. The van der Waals surface area contributed by atoms with E-state index in [4.69, 9.17) is 5.26 Å². The Labute approximate surface area is 175 Å². The quantitative estimate of drug-likeness (QED) is 0.672. The summed E-state index contributed by atoms with van der Waals surface area (Å²) in [4.78, 5) is 31.6. The predicted molar refractivity (Wildman–Crippen MR) is 115 cm³/mol. The molecule has 0 aliphatic carbocycles. The molecule has 0 unspecified atom stereocenters. The van der Waals surface area contributed by atoms with Crippen LogP contribution in [0.3, 0.4) is 0 Å². The second kappa shape index (κ2) is 9.48. The zero-order chi connectivity index (χ0) is 21.5. The van der Waals surface area contributed by atoms with Gasteiger partial charge < -0.3 is 10.2 Å². The van der Waals surface area contributed by atoms with E-state index in [2.05, 4.69) is 10.3 Å². The van der Waals surface area contributed by atoms with Gasteiger partial charge in [0.25, 0.3) is 11.8 Å². The maximum Gasteiger partial charge on any atom is 0.274 e. The van der Waals surface area contributed by atoms with Crippen molar-refractivity contribution in [3.63, 3.8) is 0 Å². The van der Waals surface area contributed by atoms with Crippen molar-refractivity contribution in [3.05, 3.63) is 95.3 Å². The van der Waals surface area contributed by atoms with Crippen molar-refractivity contribution in [2.45, 2.75) is 26.4 Å². The molecule has 0 fully saturated rings. The number of rotatable bonds is 6. The lowest BCUT2D eigenvalue weighted by atomic mass is 10.1. The van der Waals surface area contributed by atoms with E-state index in [0.717, 1.165) is 5.56 Å². The van der Waals surface area contributed by atoms with Crippen LogP contribution in [0.4, 0.5) is 5.69 Å². The molecule has 150 valence electrons. The molecular weight excluding hydrogens is 376 g/mol. The largest absolute Gasteiger partial charge is 0.332 e. The van der Waals surface area contributed by atoms with Gasteiger partial charge in [-0.1, -0.05) is 36.4 Å². The van der Waals surface area contributed by atoms with Crippen LogP contribution < -0.4 is 5.32 Å². The molecule has 0 atom stereocenters. The number of carbonyl (C=O) groups excluding carboxylic acids is 2. The first-order valence-corrected chi connectivity index (χ1v) is 9.60. The highest BCUT2D eigenvalue weighted by Crippen LogP contribution is 2.15. The van der Waals surface area contributed by atoms with Crippen LogP contribution in [0.1, 0.15) is 45.8 Å². The van der Waals surface area contributed by atoms with E-state index in [1.54, 1.807) is 35.2 Å². The highest BCUT2D eigenvalue weighted by Gasteiger charge is 2.20. The van der Waals surface area contributed by atoms with Crippen molar-refractivity contribution in [3.8, 4) is 6.07 Å². The Morgan fingerprint density at radius 1 is 1.07 bits per heavy atom. The number of nitriles is 1. The Morgan fingerprint density at radius 2 is 1.83 bits per heavy atom. The Hall–Kier alpha value is -3.98. The van der Waals surface area contributed by atoms with E-state index in [1.807, 2.05) is 50.2 Å². The van der Waals surface area contributed by atoms with Crippen LogP contribution in [0, 0.1) is 11.3 Å². The van der Waals surface area contributed by atoms with Crippen LogP contribution in [0.5, 0.6) is 0 Å². The molecule has 2 aromatic carbocycles. The van der Waals surface area contributed by atoms with Gasteiger partial charge in [-0.15, -0.1) is 0 Å². The normalized spacial score (nSPS) is 10.3. The maximum atomic E-state index is 13.1. The number of anilines is 1. The fourth-order valence-electron chi connectivity index (χ4n) is 2.98. The van der Waals surface area contributed by atoms with E-state index < -0.39 is 5.91 Å². The van der Waals surface area contributed by atoms with Crippen molar-refractivity contribution in [1.82, 2.24) is 9.88 Å². The third kappa shape index (κ3) is 5.09. The second-order valence-corrected chi connectivity index (χ2v) is 7.09. The summed E-state index contributed by atoms with van der Waals surface area (Å²) in [7, 11) is 0. The summed E-state index contributed by atoms with van der Waals surface area (Å²) in [6.45, 7) is 4.39. The molecular formula is C24H22N4O2. The van der Waals surface area contributed by atoms with E-state index in [0.29, 0.717) is 23.4 Å². The summed E-state index contributed by atoms with van der Waals surface area (Å²) < 4.78 is 0. The smallest absolute Gasteiger partial charge is 0.274 e. The van der Waals surface area contributed by atoms with Crippen LogP contribution in [0.25, 0.3) is 0 Å². The third-order valence-corrected chi connectivity index (χ3v) is 4.57. The minimum absolute atomic E-state index is 0.0168. The lowest BCUT2D eigenvalue weighted by Gasteiger charge is -2.27. The lowest BCUT2D eigenvalue weighted by Crippen LogP contribution is -2.36. The minimum atomic E-state index is -0.445. The maximum absolute atomic E-state index is 13.1. The molecule has 0 radical (unpaired) electrons. The van der Waals surface area contributed by atoms with Gasteiger partial charge in [0.2, 0.25) is 0 Å². The van der Waals surface area contributed by atoms with E-state index in [1.165, 1.54) is 12.3 Å². The number of hydrogen-bond donors (Lipinski definition) is 1. The van der Waals surface area contributed by atoms with Gasteiger partial charge in [-0.25, -0.2) is 0 Å². The predicted octanol–water partition coefficient (Wildman–Crippen LogP) is 4.26. The van der Waals surface area contributed by atoms with Crippen LogP contribution in [0.2, 0.25) is 0 Å². The van der Waals surface area contributed by atoms with Crippen LogP contribution in [-0.4, -0.2) is 27.7 Å². The Balaban J connectivity index is 1.79. The van der Waals surface area contributed by atoms with E-state index >= 15 is 0 Å². The Kier molecular flexibility index (Phi) is 6.56. The molecule has 0 saturated carbocycles. The summed E-state index contributed by atoms with van der Waals surface area (Å²) in [5.74, 6) is -0.615. The fraction of sp³-hybridized carbons (Fsp3) is 0.167. The first-order valence-electron chi connectivity index (χ1n) is 9.60. The summed E-state index contributed by atoms with van der Waals surface area (Å²) in [6.07, 6.45) is 1.45. The van der Waals surface area contributed by atoms with Gasteiger partial charge in [-0.3, -0.25) is 14.6 Å². The highest BCUT2D eigenvalue weighted by atomic mass is 16.2. The van der Waals surface area contributed by atoms with Gasteiger partial charge in [0.05, 0.1) is 11.6 Å². The summed E-state index contributed by atoms with van der Waals surface area (Å²) in [5.41, 5.74) is 2.49. The monoisotopic (exact) mass is 398 g/mol. The SMILES string of the molecule is CC(C)N(Cc1ccccc1)C(=O)c1ccnc(C(=O)Nc2cccc(C#N)c2)c1. The number of carbonyl (C=O) groups is 2. The molecule has 3 aromatic rings. The number of pyridine rings is 1. The number of hydrogen-bond acceptors (Lipinski definition) is 4. The highest BCUT2D eigenvalue weighted by molar-refractivity contribution is 6.04. The molecule has 0 spiro atoms. The third-order valence-electron chi connectivity index (χ3n) is 4.57. The molecule has 0 aliphatic heterocycles. The number of nitrogens with one attached hydrogen (secondary N) is 1. The molecule has 0 bridgehead atoms. The molecule has 1 N–H and O–H groups in total. The summed E-state index contributed by atoms with van der Waals surface area (Å²) in [5, 5.41) is 11.7. The standard InChI is InChI=1S/C24H22N4O2/c1-17(2)28(16-18-7-4-3-5-8-18)24(30)20-11-12-26-22(14-20)23(29)27-21-10-6-9-19(13-21)15-25/h3-14,17H,16H2,1-2H3,(H,27,29). The molecule has 2 amide bonds. The Morgan fingerprint density at radius 3 is 2.53 bits per heavy atom. The fourth-order valence-corrected chi connectivity index (χ4v) is 2.98. The number of benzene rings is 2. The molecule has 0 aliphatic rings. The molecule has 3 rings (SSSR count). The molecule has 6 heteroatoms. The van der Waals surface area contributed by atoms with Gasteiger partial charge in [-0.05, 0) is 49.7 Å². The minimum Gasteiger partial charge on any atom is -0.332 e. The topological polar surface area (TPSA) is 86.1 Å². The van der Waals surface area contributed by atoms with Crippen molar-refractivity contribution in [2.24, 2.45) is 0 Å². The molecule has 1 aromatic heterocycles. The second-order valence-electron chi connectivity index (χ2n) is 7.09. The van der Waals surface area contributed by atoms with Gasteiger partial charge in [0.15, 0.2) is 0 Å². The van der Waals surface area contributed by atoms with Crippen molar-refractivity contribution < 1.29 is 9.59 Å². The van der Waals surface area contributed by atoms with Crippen molar-refractivity contribution in [2.75, 3.05) is 5.32 Å². The molecule has 30 heavy (non-hydrogen) atoms. The van der Waals surface area contributed by atoms with E-state index in [9.17, 15) is 9.59 Å². The first-order chi connectivity index (χ1) is 14.5. The molecule has 6 nitrogen and oxygen atoms in total. The Bertz CT molecular complexity index is 1090. The number of nitrogens with zero attached hydrogens (tertiary/aromatic N) is 3. The first kappa shape index (κ1) is 20.7. The van der Waals surface area contributed by atoms with Crippen molar-refractivity contribution in [1.29, 1.82) is 5.26 Å². The van der Waals surface area contributed by atoms with E-state index in [-0.39, 0.29) is 17.6 Å². The van der Waals surface area contributed by atoms with Crippen LogP contribution in [0.15, 0.2) is 72.9 Å². The van der Waals surface area contributed by atoms with Crippen LogP contribution >= 0.6 is 0 Å². The van der Waals surface area contributed by atoms with Gasteiger partial charge in [0.1, 0.15) is 5.69 Å².